The molecule has 0 unspecified atom stereocenters. The maximum Gasteiger partial charge on any atom is 0.183 e. The van der Waals surface area contributed by atoms with Crippen LogP contribution in [0.25, 0.3) is 11.0 Å². The molecule has 120 valence electrons. The average molecular weight is 318 g/mol. The fourth-order valence-electron chi connectivity index (χ4n) is 3.37. The molecular weight excluding hydrogens is 300 g/mol. The van der Waals surface area contributed by atoms with Crippen molar-refractivity contribution in [2.75, 3.05) is 18.0 Å². The number of aromatic amines is 1. The predicted octanol–water partition coefficient (Wildman–Crippen LogP) is 2.92. The number of anilines is 1. The molecule has 6 nitrogen and oxygen atoms in total. The summed E-state index contributed by atoms with van der Waals surface area (Å²) in [5, 5.41) is 9.26. The Labute approximate surface area is 140 Å². The number of aromatic nitrogens is 4. The molecule has 0 bridgehead atoms. The summed E-state index contributed by atoms with van der Waals surface area (Å²) in [6.07, 6.45) is 5.33. The predicted molar refractivity (Wildman–Crippen MR) is 91.8 cm³/mol. The Bertz CT molecular complexity index is 923. The summed E-state index contributed by atoms with van der Waals surface area (Å²) in [6, 6.07) is 8.40. The van der Waals surface area contributed by atoms with Crippen molar-refractivity contribution in [2.45, 2.75) is 25.7 Å². The van der Waals surface area contributed by atoms with Crippen LogP contribution in [0, 0.1) is 18.3 Å². The molecule has 0 amide bonds. The van der Waals surface area contributed by atoms with Gasteiger partial charge in [-0.2, -0.15) is 5.26 Å². The number of imidazole rings is 1. The third-order valence-corrected chi connectivity index (χ3v) is 4.55. The van der Waals surface area contributed by atoms with Gasteiger partial charge in [0.1, 0.15) is 11.9 Å². The van der Waals surface area contributed by atoms with Crippen molar-refractivity contribution in [3.8, 4) is 6.07 Å². The van der Waals surface area contributed by atoms with Crippen molar-refractivity contribution in [1.82, 2.24) is 19.9 Å². The Morgan fingerprint density at radius 1 is 1.29 bits per heavy atom. The standard InChI is InChI=1S/C18H18N6/c1-12-4-5-14-15(9-12)23-17(22-14)13-3-2-8-24(11-13)18-16(10-19)20-6-7-21-18/h4-7,9,13H,2-3,8,11H2,1H3,(H,22,23)/t13-/m1/s1. The molecule has 24 heavy (non-hydrogen) atoms. The van der Waals surface area contributed by atoms with Crippen LogP contribution in [0.2, 0.25) is 0 Å². The first kappa shape index (κ1) is 14.6. The van der Waals surface area contributed by atoms with Crippen LogP contribution in [0.4, 0.5) is 5.82 Å². The molecule has 3 heterocycles. The normalized spacial score (nSPS) is 17.8. The van der Waals surface area contributed by atoms with E-state index in [9.17, 15) is 5.26 Å². The number of rotatable bonds is 2. The number of hydrogen-bond acceptors (Lipinski definition) is 5. The van der Waals surface area contributed by atoms with Crippen molar-refractivity contribution >= 4 is 16.9 Å². The lowest BCUT2D eigenvalue weighted by Gasteiger charge is -2.32. The zero-order valence-corrected chi connectivity index (χ0v) is 13.5. The molecule has 1 aromatic carbocycles. The Morgan fingerprint density at radius 3 is 3.04 bits per heavy atom. The summed E-state index contributed by atoms with van der Waals surface area (Å²) in [5.74, 6) is 2.00. The van der Waals surface area contributed by atoms with Crippen LogP contribution in [0.1, 0.15) is 35.8 Å². The van der Waals surface area contributed by atoms with E-state index in [1.54, 1.807) is 12.4 Å². The number of nitrogens with one attached hydrogen (secondary N) is 1. The second-order valence-corrected chi connectivity index (χ2v) is 6.27. The zero-order chi connectivity index (χ0) is 16.5. The monoisotopic (exact) mass is 318 g/mol. The molecule has 1 saturated heterocycles. The van der Waals surface area contributed by atoms with Crippen molar-refractivity contribution in [2.24, 2.45) is 0 Å². The lowest BCUT2D eigenvalue weighted by molar-refractivity contribution is 0.492. The largest absolute Gasteiger partial charge is 0.353 e. The molecule has 1 aliphatic heterocycles. The second-order valence-electron chi connectivity index (χ2n) is 6.27. The minimum Gasteiger partial charge on any atom is -0.353 e. The highest BCUT2D eigenvalue weighted by molar-refractivity contribution is 5.76. The summed E-state index contributed by atoms with van der Waals surface area (Å²) in [4.78, 5) is 18.9. The second kappa shape index (κ2) is 5.93. The van der Waals surface area contributed by atoms with E-state index in [2.05, 4.69) is 51.0 Å². The quantitative estimate of drug-likeness (QED) is 0.785. The summed E-state index contributed by atoms with van der Waals surface area (Å²) < 4.78 is 0. The Hall–Kier alpha value is -2.94. The lowest BCUT2D eigenvalue weighted by Crippen LogP contribution is -2.36. The molecule has 2 aromatic heterocycles. The maximum atomic E-state index is 9.26. The number of benzene rings is 1. The molecule has 1 atom stereocenters. The summed E-state index contributed by atoms with van der Waals surface area (Å²) in [7, 11) is 0. The first-order valence-corrected chi connectivity index (χ1v) is 8.17. The van der Waals surface area contributed by atoms with Gasteiger partial charge in [0.25, 0.3) is 0 Å². The van der Waals surface area contributed by atoms with E-state index >= 15 is 0 Å². The third kappa shape index (κ3) is 2.58. The number of piperidine rings is 1. The molecule has 0 aliphatic carbocycles. The fraction of sp³-hybridized carbons (Fsp3) is 0.333. The number of nitrogens with zero attached hydrogens (tertiary/aromatic N) is 5. The minimum atomic E-state index is 0.306. The number of nitriles is 1. The van der Waals surface area contributed by atoms with E-state index in [1.807, 2.05) is 0 Å². The minimum absolute atomic E-state index is 0.306. The van der Waals surface area contributed by atoms with Gasteiger partial charge in [0.05, 0.1) is 11.0 Å². The van der Waals surface area contributed by atoms with Gasteiger partial charge in [0, 0.05) is 31.4 Å². The van der Waals surface area contributed by atoms with Crippen LogP contribution in [0.15, 0.2) is 30.6 Å². The van der Waals surface area contributed by atoms with E-state index < -0.39 is 0 Å². The van der Waals surface area contributed by atoms with Gasteiger partial charge in [-0.15, -0.1) is 0 Å². The van der Waals surface area contributed by atoms with Crippen LogP contribution in [-0.2, 0) is 0 Å². The van der Waals surface area contributed by atoms with Crippen LogP contribution < -0.4 is 4.90 Å². The summed E-state index contributed by atoms with van der Waals surface area (Å²) in [6.45, 7) is 3.77. The van der Waals surface area contributed by atoms with Gasteiger partial charge in [-0.3, -0.25) is 0 Å². The molecule has 4 rings (SSSR count). The summed E-state index contributed by atoms with van der Waals surface area (Å²) in [5.41, 5.74) is 3.70. The van der Waals surface area contributed by atoms with E-state index in [0.29, 0.717) is 17.4 Å². The number of aryl methyl sites for hydroxylation is 1. The molecule has 1 N–H and O–H groups in total. The first-order chi connectivity index (χ1) is 11.7. The van der Waals surface area contributed by atoms with Crippen molar-refractivity contribution in [3.05, 3.63) is 47.7 Å². The van der Waals surface area contributed by atoms with Gasteiger partial charge in [0.2, 0.25) is 0 Å². The van der Waals surface area contributed by atoms with Crippen molar-refractivity contribution in [3.63, 3.8) is 0 Å². The average Bonchev–Trinajstić information content (AvgIpc) is 3.05. The van der Waals surface area contributed by atoms with Crippen LogP contribution in [-0.4, -0.2) is 33.0 Å². The van der Waals surface area contributed by atoms with Crippen LogP contribution in [0.3, 0.4) is 0 Å². The SMILES string of the molecule is Cc1ccc2nc([C@@H]3CCCN(c4nccnc4C#N)C3)[nH]c2c1. The van der Waals surface area contributed by atoms with Gasteiger partial charge in [-0.05, 0) is 37.5 Å². The molecule has 3 aromatic rings. The highest BCUT2D eigenvalue weighted by Gasteiger charge is 2.26. The van der Waals surface area contributed by atoms with Crippen molar-refractivity contribution in [1.29, 1.82) is 5.26 Å². The Morgan fingerprint density at radius 2 is 2.17 bits per heavy atom. The molecule has 0 saturated carbocycles. The van der Waals surface area contributed by atoms with Gasteiger partial charge in [0.15, 0.2) is 11.5 Å². The summed E-state index contributed by atoms with van der Waals surface area (Å²) >= 11 is 0. The smallest absolute Gasteiger partial charge is 0.183 e. The zero-order valence-electron chi connectivity index (χ0n) is 13.5. The topological polar surface area (TPSA) is 81.5 Å². The molecular formula is C18H18N6. The van der Waals surface area contributed by atoms with Crippen LogP contribution in [0.5, 0.6) is 0 Å². The number of hydrogen-bond donors (Lipinski definition) is 1. The van der Waals surface area contributed by atoms with E-state index in [-0.39, 0.29) is 0 Å². The van der Waals surface area contributed by atoms with Gasteiger partial charge >= 0.3 is 0 Å². The number of fused-ring (bicyclic) bond motifs is 1. The van der Waals surface area contributed by atoms with E-state index in [0.717, 1.165) is 42.8 Å². The van der Waals surface area contributed by atoms with Gasteiger partial charge < -0.3 is 9.88 Å². The molecule has 0 radical (unpaired) electrons. The van der Waals surface area contributed by atoms with Gasteiger partial charge in [-0.25, -0.2) is 15.0 Å². The molecule has 0 spiro atoms. The van der Waals surface area contributed by atoms with Crippen molar-refractivity contribution < 1.29 is 0 Å². The third-order valence-electron chi connectivity index (χ3n) is 4.55. The van der Waals surface area contributed by atoms with Crippen LogP contribution >= 0.6 is 0 Å². The molecule has 1 fully saturated rings. The molecule has 6 heteroatoms. The maximum absolute atomic E-state index is 9.26. The Kier molecular flexibility index (Phi) is 3.62. The number of H-pyrrole nitrogens is 1. The van der Waals surface area contributed by atoms with Gasteiger partial charge in [-0.1, -0.05) is 6.07 Å². The highest BCUT2D eigenvalue weighted by Crippen LogP contribution is 2.29. The lowest BCUT2D eigenvalue weighted by atomic mass is 9.97. The van der Waals surface area contributed by atoms with E-state index in [1.165, 1.54) is 5.56 Å². The van der Waals surface area contributed by atoms with E-state index in [4.69, 9.17) is 4.98 Å². The first-order valence-electron chi connectivity index (χ1n) is 8.17. The fourth-order valence-corrected chi connectivity index (χ4v) is 3.37. The Balaban J connectivity index is 1.63. The molecule has 1 aliphatic rings. The highest BCUT2D eigenvalue weighted by atomic mass is 15.2.